The lowest BCUT2D eigenvalue weighted by Gasteiger charge is -2.04. The second-order valence-electron chi connectivity index (χ2n) is 2.99. The molecule has 0 aliphatic heterocycles. The highest BCUT2D eigenvalue weighted by atomic mass is 16.5. The van der Waals surface area contributed by atoms with Crippen LogP contribution in [0.2, 0.25) is 0 Å². The van der Waals surface area contributed by atoms with Crippen molar-refractivity contribution in [3.8, 4) is 5.88 Å². The van der Waals surface area contributed by atoms with E-state index in [2.05, 4.69) is 24.3 Å². The Morgan fingerprint density at radius 1 is 1.58 bits per heavy atom. The number of nitrogens with zero attached hydrogens (tertiary/aromatic N) is 2. The minimum Gasteiger partial charge on any atom is -0.481 e. The van der Waals surface area contributed by atoms with Crippen molar-refractivity contribution >= 4 is 5.82 Å². The Morgan fingerprint density at radius 3 is 2.67 bits per heavy atom. The number of hydrogen-bond acceptors (Lipinski definition) is 3. The van der Waals surface area contributed by atoms with Crippen LogP contribution in [-0.2, 0) is 7.05 Å². The van der Waals surface area contributed by atoms with E-state index in [-0.39, 0.29) is 0 Å². The molecule has 0 bridgehead atoms. The predicted octanol–water partition coefficient (Wildman–Crippen LogP) is 1.25. The first-order chi connectivity index (χ1) is 5.63. The molecule has 0 atom stereocenters. The molecule has 0 spiro atoms. The van der Waals surface area contributed by atoms with Crippen molar-refractivity contribution in [1.29, 1.82) is 0 Å². The Morgan fingerprint density at radius 2 is 2.25 bits per heavy atom. The van der Waals surface area contributed by atoms with Crippen molar-refractivity contribution in [1.82, 2.24) is 9.78 Å². The number of hydrogen-bond donors (Lipinski definition) is 1. The molecule has 12 heavy (non-hydrogen) atoms. The van der Waals surface area contributed by atoms with Crippen molar-refractivity contribution in [3.05, 3.63) is 6.07 Å². The van der Waals surface area contributed by atoms with Gasteiger partial charge in [-0.25, -0.2) is 4.68 Å². The summed E-state index contributed by atoms with van der Waals surface area (Å²) in [5.74, 6) is 1.61. The zero-order chi connectivity index (χ0) is 9.14. The fourth-order valence-electron chi connectivity index (χ4n) is 1.01. The fourth-order valence-corrected chi connectivity index (χ4v) is 1.01. The van der Waals surface area contributed by atoms with Gasteiger partial charge in [0.1, 0.15) is 0 Å². The minimum atomic E-state index is 0.393. The van der Waals surface area contributed by atoms with Gasteiger partial charge in [0.05, 0.1) is 7.11 Å². The van der Waals surface area contributed by atoms with Gasteiger partial charge in [0.2, 0.25) is 5.88 Å². The van der Waals surface area contributed by atoms with Gasteiger partial charge in [-0.05, 0) is 13.8 Å². The third-order valence-electron chi connectivity index (χ3n) is 1.48. The standard InChI is InChI=1S/C8H15N3O/c1-6(2)9-7-5-8(12-4)11(3)10-7/h5-6H,1-4H3,(H,9,10). The molecule has 0 aliphatic carbocycles. The molecule has 0 aromatic carbocycles. The zero-order valence-corrected chi connectivity index (χ0v) is 7.96. The SMILES string of the molecule is COc1cc(NC(C)C)nn1C. The largest absolute Gasteiger partial charge is 0.481 e. The van der Waals surface area contributed by atoms with E-state index in [1.165, 1.54) is 0 Å². The first kappa shape index (κ1) is 8.90. The highest BCUT2D eigenvalue weighted by molar-refractivity contribution is 5.39. The second kappa shape index (κ2) is 3.47. The van der Waals surface area contributed by atoms with Crippen LogP contribution in [0.3, 0.4) is 0 Å². The number of nitrogens with one attached hydrogen (secondary N) is 1. The molecule has 1 rings (SSSR count). The second-order valence-corrected chi connectivity index (χ2v) is 2.99. The fraction of sp³-hybridized carbons (Fsp3) is 0.625. The van der Waals surface area contributed by atoms with Crippen molar-refractivity contribution < 1.29 is 4.74 Å². The van der Waals surface area contributed by atoms with Gasteiger partial charge < -0.3 is 10.1 Å². The Bertz CT molecular complexity index is 255. The van der Waals surface area contributed by atoms with Gasteiger partial charge >= 0.3 is 0 Å². The van der Waals surface area contributed by atoms with Gasteiger partial charge in [0, 0.05) is 19.2 Å². The lowest BCUT2D eigenvalue weighted by atomic mass is 10.4. The van der Waals surface area contributed by atoms with Crippen molar-refractivity contribution in [2.45, 2.75) is 19.9 Å². The Kier molecular flexibility index (Phi) is 2.58. The van der Waals surface area contributed by atoms with Gasteiger partial charge in [0.15, 0.2) is 5.82 Å². The van der Waals surface area contributed by atoms with Crippen LogP contribution in [0, 0.1) is 0 Å². The molecule has 4 heteroatoms. The molecule has 0 saturated heterocycles. The van der Waals surface area contributed by atoms with Crippen LogP contribution in [0.5, 0.6) is 5.88 Å². The number of aromatic nitrogens is 2. The van der Waals surface area contributed by atoms with Gasteiger partial charge in [0.25, 0.3) is 0 Å². The van der Waals surface area contributed by atoms with E-state index in [9.17, 15) is 0 Å². The van der Waals surface area contributed by atoms with E-state index < -0.39 is 0 Å². The zero-order valence-electron chi connectivity index (χ0n) is 7.96. The quantitative estimate of drug-likeness (QED) is 0.740. The molecule has 1 aromatic heterocycles. The third-order valence-corrected chi connectivity index (χ3v) is 1.48. The summed E-state index contributed by atoms with van der Waals surface area (Å²) >= 11 is 0. The van der Waals surface area contributed by atoms with E-state index in [1.54, 1.807) is 11.8 Å². The van der Waals surface area contributed by atoms with Crippen molar-refractivity contribution in [2.24, 2.45) is 7.05 Å². The van der Waals surface area contributed by atoms with E-state index in [4.69, 9.17) is 4.74 Å². The number of ether oxygens (including phenoxy) is 1. The summed E-state index contributed by atoms with van der Waals surface area (Å²) < 4.78 is 6.77. The normalized spacial score (nSPS) is 10.4. The maximum atomic E-state index is 5.07. The summed E-state index contributed by atoms with van der Waals surface area (Å²) in [7, 11) is 3.49. The topological polar surface area (TPSA) is 39.1 Å². The van der Waals surface area contributed by atoms with E-state index in [0.717, 1.165) is 11.7 Å². The average Bonchev–Trinajstić information content (AvgIpc) is 2.29. The third kappa shape index (κ3) is 1.90. The maximum Gasteiger partial charge on any atom is 0.213 e. The van der Waals surface area contributed by atoms with E-state index in [1.807, 2.05) is 13.1 Å². The smallest absolute Gasteiger partial charge is 0.213 e. The number of aryl methyl sites for hydroxylation is 1. The molecule has 1 N–H and O–H groups in total. The average molecular weight is 169 g/mol. The highest BCUT2D eigenvalue weighted by Crippen LogP contribution is 2.15. The van der Waals surface area contributed by atoms with E-state index >= 15 is 0 Å². The molecule has 0 aliphatic rings. The molecule has 0 saturated carbocycles. The van der Waals surface area contributed by atoms with Gasteiger partial charge in [-0.2, -0.15) is 5.10 Å². The molecule has 0 radical (unpaired) electrons. The molecular formula is C8H15N3O. The molecule has 0 amide bonds. The van der Waals surface area contributed by atoms with Crippen molar-refractivity contribution in [2.75, 3.05) is 12.4 Å². The van der Waals surface area contributed by atoms with Crippen LogP contribution in [0.15, 0.2) is 6.07 Å². The van der Waals surface area contributed by atoms with Crippen LogP contribution >= 0.6 is 0 Å². The Labute approximate surface area is 72.5 Å². The first-order valence-electron chi connectivity index (χ1n) is 3.98. The summed E-state index contributed by atoms with van der Waals surface area (Å²) in [6, 6.07) is 2.27. The monoisotopic (exact) mass is 169 g/mol. The molecule has 1 aromatic rings. The first-order valence-corrected chi connectivity index (χ1v) is 3.98. The summed E-state index contributed by atoms with van der Waals surface area (Å²) in [4.78, 5) is 0. The molecule has 68 valence electrons. The molecular weight excluding hydrogens is 154 g/mol. The molecule has 4 nitrogen and oxygen atoms in total. The summed E-state index contributed by atoms with van der Waals surface area (Å²) in [6.45, 7) is 4.14. The number of methoxy groups -OCH3 is 1. The highest BCUT2D eigenvalue weighted by Gasteiger charge is 2.04. The lowest BCUT2D eigenvalue weighted by Crippen LogP contribution is -2.10. The van der Waals surface area contributed by atoms with Crippen molar-refractivity contribution in [3.63, 3.8) is 0 Å². The van der Waals surface area contributed by atoms with Crippen LogP contribution in [0.25, 0.3) is 0 Å². The molecule has 0 unspecified atom stereocenters. The Balaban J connectivity index is 2.75. The predicted molar refractivity (Wildman–Crippen MR) is 48.5 cm³/mol. The summed E-state index contributed by atoms with van der Waals surface area (Å²) in [5, 5.41) is 7.39. The van der Waals surface area contributed by atoms with E-state index in [0.29, 0.717) is 6.04 Å². The summed E-state index contributed by atoms with van der Waals surface area (Å²) in [5.41, 5.74) is 0. The van der Waals surface area contributed by atoms with Gasteiger partial charge in [-0.3, -0.25) is 0 Å². The number of anilines is 1. The van der Waals surface area contributed by atoms with Crippen LogP contribution in [-0.4, -0.2) is 22.9 Å². The molecule has 1 heterocycles. The van der Waals surface area contributed by atoms with Crippen LogP contribution in [0.4, 0.5) is 5.82 Å². The Hall–Kier alpha value is -1.19. The number of rotatable bonds is 3. The van der Waals surface area contributed by atoms with Crippen LogP contribution in [0.1, 0.15) is 13.8 Å². The lowest BCUT2D eigenvalue weighted by molar-refractivity contribution is 0.373. The maximum absolute atomic E-state index is 5.07. The van der Waals surface area contributed by atoms with Crippen LogP contribution < -0.4 is 10.1 Å². The van der Waals surface area contributed by atoms with Gasteiger partial charge in [-0.1, -0.05) is 0 Å². The summed E-state index contributed by atoms with van der Waals surface area (Å²) in [6.07, 6.45) is 0. The molecule has 0 fully saturated rings. The van der Waals surface area contributed by atoms with Gasteiger partial charge in [-0.15, -0.1) is 0 Å². The minimum absolute atomic E-state index is 0.393.